The molecule has 66 valence electrons. The highest BCUT2D eigenvalue weighted by molar-refractivity contribution is 8.00. The number of Topliss-reactive ketones (excluding diaryl/α,β-unsaturated/α-hetero) is 1. The largest absolute Gasteiger partial charge is 0.395 e. The van der Waals surface area contributed by atoms with Crippen LogP contribution in [0.1, 0.15) is 26.7 Å². The van der Waals surface area contributed by atoms with Crippen LogP contribution in [0.5, 0.6) is 0 Å². The van der Waals surface area contributed by atoms with Crippen LogP contribution in [-0.4, -0.2) is 28.5 Å². The average Bonchev–Trinajstić information content (AvgIpc) is 2.01. The first-order valence-corrected chi connectivity index (χ1v) is 4.99. The summed E-state index contributed by atoms with van der Waals surface area (Å²) in [5.74, 6) is 0.841. The maximum absolute atomic E-state index is 11.0. The van der Waals surface area contributed by atoms with Crippen molar-refractivity contribution in [1.29, 1.82) is 0 Å². The molecule has 0 fully saturated rings. The molecule has 0 aromatic rings. The molecule has 3 heteroatoms. The van der Waals surface area contributed by atoms with Gasteiger partial charge in [0.05, 0.1) is 12.4 Å². The molecule has 1 unspecified atom stereocenters. The van der Waals surface area contributed by atoms with Crippen LogP contribution in [0.2, 0.25) is 0 Å². The topological polar surface area (TPSA) is 37.3 Å². The van der Waals surface area contributed by atoms with Crippen LogP contribution in [0, 0.1) is 0 Å². The summed E-state index contributed by atoms with van der Waals surface area (Å²) in [4.78, 5) is 11.0. The van der Waals surface area contributed by atoms with Crippen molar-refractivity contribution in [2.24, 2.45) is 0 Å². The SMILES string of the molecule is CCCC(=O)CSC(C)CO. The number of rotatable bonds is 6. The number of hydrogen-bond acceptors (Lipinski definition) is 3. The summed E-state index contributed by atoms with van der Waals surface area (Å²) in [6.45, 7) is 4.08. The molecule has 0 aromatic heterocycles. The van der Waals surface area contributed by atoms with Crippen molar-refractivity contribution in [1.82, 2.24) is 0 Å². The number of carbonyl (C=O) groups excluding carboxylic acids is 1. The zero-order valence-electron chi connectivity index (χ0n) is 7.17. The number of carbonyl (C=O) groups is 1. The van der Waals surface area contributed by atoms with Crippen LogP contribution in [0.3, 0.4) is 0 Å². The highest BCUT2D eigenvalue weighted by Gasteiger charge is 2.04. The minimum absolute atomic E-state index is 0.157. The molecule has 0 radical (unpaired) electrons. The van der Waals surface area contributed by atoms with Gasteiger partial charge in [-0.15, -0.1) is 11.8 Å². The molecular weight excluding hydrogens is 160 g/mol. The van der Waals surface area contributed by atoms with Crippen LogP contribution in [0.15, 0.2) is 0 Å². The van der Waals surface area contributed by atoms with Gasteiger partial charge in [0.1, 0.15) is 5.78 Å². The fourth-order valence-electron chi connectivity index (χ4n) is 0.639. The normalized spacial score (nSPS) is 13.0. The van der Waals surface area contributed by atoms with E-state index in [2.05, 4.69) is 0 Å². The predicted molar refractivity (Wildman–Crippen MR) is 48.9 cm³/mol. The lowest BCUT2D eigenvalue weighted by atomic mass is 10.3. The third-order valence-electron chi connectivity index (χ3n) is 1.31. The van der Waals surface area contributed by atoms with E-state index in [1.165, 1.54) is 11.8 Å². The monoisotopic (exact) mass is 176 g/mol. The standard InChI is InChI=1S/C8H16O2S/c1-3-4-8(10)6-11-7(2)5-9/h7,9H,3-6H2,1-2H3. The molecule has 0 aliphatic heterocycles. The lowest BCUT2D eigenvalue weighted by Crippen LogP contribution is -2.08. The van der Waals surface area contributed by atoms with Crippen LogP contribution in [0.4, 0.5) is 0 Å². The Morgan fingerprint density at radius 1 is 1.64 bits per heavy atom. The highest BCUT2D eigenvalue weighted by atomic mass is 32.2. The third kappa shape index (κ3) is 6.38. The van der Waals surface area contributed by atoms with Gasteiger partial charge >= 0.3 is 0 Å². The van der Waals surface area contributed by atoms with Gasteiger partial charge in [0.25, 0.3) is 0 Å². The van der Waals surface area contributed by atoms with Crippen LogP contribution >= 0.6 is 11.8 Å². The molecule has 1 N–H and O–H groups in total. The Hall–Kier alpha value is -0.0200. The van der Waals surface area contributed by atoms with Crippen molar-refractivity contribution in [2.45, 2.75) is 31.9 Å². The molecule has 0 aliphatic rings. The summed E-state index contributed by atoms with van der Waals surface area (Å²) in [7, 11) is 0. The zero-order valence-corrected chi connectivity index (χ0v) is 7.99. The Morgan fingerprint density at radius 2 is 2.27 bits per heavy atom. The van der Waals surface area contributed by atoms with E-state index in [4.69, 9.17) is 5.11 Å². The molecule has 2 nitrogen and oxygen atoms in total. The molecule has 0 aromatic carbocycles. The summed E-state index contributed by atoms with van der Waals surface area (Å²) in [6, 6.07) is 0. The predicted octanol–water partition coefficient (Wildman–Crippen LogP) is 1.47. The van der Waals surface area contributed by atoms with Gasteiger partial charge in [-0.1, -0.05) is 13.8 Å². The minimum Gasteiger partial charge on any atom is -0.395 e. The van der Waals surface area contributed by atoms with Crippen LogP contribution in [-0.2, 0) is 4.79 Å². The number of hydrogen-bond donors (Lipinski definition) is 1. The summed E-state index contributed by atoms with van der Waals surface area (Å²) < 4.78 is 0. The van der Waals surface area contributed by atoms with Gasteiger partial charge in [0.2, 0.25) is 0 Å². The van der Waals surface area contributed by atoms with E-state index in [-0.39, 0.29) is 17.6 Å². The second kappa shape index (κ2) is 6.68. The van der Waals surface area contributed by atoms with Crippen molar-refractivity contribution < 1.29 is 9.90 Å². The van der Waals surface area contributed by atoms with E-state index in [0.717, 1.165) is 6.42 Å². The van der Waals surface area contributed by atoms with Gasteiger partial charge in [0, 0.05) is 11.7 Å². The summed E-state index contributed by atoms with van der Waals surface area (Å²) in [5.41, 5.74) is 0. The first-order valence-electron chi connectivity index (χ1n) is 3.94. The molecule has 0 aliphatic carbocycles. The molecule has 0 amide bonds. The van der Waals surface area contributed by atoms with E-state index in [1.807, 2.05) is 13.8 Å². The van der Waals surface area contributed by atoms with Gasteiger partial charge in [-0.3, -0.25) is 4.79 Å². The molecule has 0 bridgehead atoms. The van der Waals surface area contributed by atoms with E-state index < -0.39 is 0 Å². The van der Waals surface area contributed by atoms with Gasteiger partial charge in [-0.05, 0) is 6.42 Å². The Labute approximate surface area is 72.4 Å². The maximum atomic E-state index is 11.0. The Kier molecular flexibility index (Phi) is 6.66. The molecule has 0 heterocycles. The smallest absolute Gasteiger partial charge is 0.142 e. The number of thioether (sulfide) groups is 1. The average molecular weight is 176 g/mol. The van der Waals surface area contributed by atoms with Gasteiger partial charge in [-0.25, -0.2) is 0 Å². The van der Waals surface area contributed by atoms with E-state index in [0.29, 0.717) is 12.2 Å². The second-order valence-corrected chi connectivity index (χ2v) is 4.02. The van der Waals surface area contributed by atoms with Gasteiger partial charge < -0.3 is 5.11 Å². The summed E-state index contributed by atoms with van der Waals surface area (Å²) in [6.07, 6.45) is 1.60. The summed E-state index contributed by atoms with van der Waals surface area (Å²) >= 11 is 1.52. The fourth-order valence-corrected chi connectivity index (χ4v) is 1.36. The highest BCUT2D eigenvalue weighted by Crippen LogP contribution is 2.10. The Bertz CT molecular complexity index is 115. The Morgan fingerprint density at radius 3 is 2.73 bits per heavy atom. The number of aliphatic hydroxyl groups excluding tert-OH is 1. The number of aliphatic hydroxyl groups is 1. The Balaban J connectivity index is 3.30. The molecule has 0 saturated carbocycles. The fraction of sp³-hybridized carbons (Fsp3) is 0.875. The van der Waals surface area contributed by atoms with Crippen LogP contribution < -0.4 is 0 Å². The van der Waals surface area contributed by atoms with E-state index in [9.17, 15) is 4.79 Å². The zero-order chi connectivity index (χ0) is 8.69. The van der Waals surface area contributed by atoms with Crippen molar-refractivity contribution in [2.75, 3.05) is 12.4 Å². The van der Waals surface area contributed by atoms with Crippen molar-refractivity contribution in [3.05, 3.63) is 0 Å². The third-order valence-corrected chi connectivity index (χ3v) is 2.52. The van der Waals surface area contributed by atoms with E-state index >= 15 is 0 Å². The lowest BCUT2D eigenvalue weighted by molar-refractivity contribution is -0.116. The van der Waals surface area contributed by atoms with Gasteiger partial charge in [0.15, 0.2) is 0 Å². The molecule has 11 heavy (non-hydrogen) atoms. The molecular formula is C8H16O2S. The first kappa shape index (κ1) is 11.0. The maximum Gasteiger partial charge on any atom is 0.142 e. The molecule has 1 atom stereocenters. The van der Waals surface area contributed by atoms with E-state index in [1.54, 1.807) is 0 Å². The van der Waals surface area contributed by atoms with Crippen LogP contribution in [0.25, 0.3) is 0 Å². The molecule has 0 rings (SSSR count). The lowest BCUT2D eigenvalue weighted by Gasteiger charge is -2.05. The second-order valence-electron chi connectivity index (χ2n) is 2.59. The number of ketones is 1. The van der Waals surface area contributed by atoms with Crippen molar-refractivity contribution in [3.63, 3.8) is 0 Å². The first-order chi connectivity index (χ1) is 5.20. The minimum atomic E-state index is 0.157. The van der Waals surface area contributed by atoms with Crippen molar-refractivity contribution in [3.8, 4) is 0 Å². The summed E-state index contributed by atoms with van der Waals surface area (Å²) in [5, 5.41) is 8.84. The molecule has 0 saturated heterocycles. The quantitative estimate of drug-likeness (QED) is 0.666. The van der Waals surface area contributed by atoms with Crippen molar-refractivity contribution >= 4 is 17.5 Å². The molecule has 0 spiro atoms. The van der Waals surface area contributed by atoms with Gasteiger partial charge in [-0.2, -0.15) is 0 Å².